The Balaban J connectivity index is 2.05. The Hall–Kier alpha value is -1.23. The molecule has 2 rings (SSSR count). The maximum atomic E-state index is 12.9. The summed E-state index contributed by atoms with van der Waals surface area (Å²) in [6, 6.07) is 4.26. The Morgan fingerprint density at radius 1 is 1.56 bits per heavy atom. The van der Waals surface area contributed by atoms with E-state index in [4.69, 9.17) is 5.73 Å². The maximum Gasteiger partial charge on any atom is 0.251 e. The van der Waals surface area contributed by atoms with Crippen molar-refractivity contribution in [1.82, 2.24) is 5.32 Å². The van der Waals surface area contributed by atoms with Gasteiger partial charge < -0.3 is 11.1 Å². The van der Waals surface area contributed by atoms with E-state index in [0.717, 1.165) is 17.9 Å². The van der Waals surface area contributed by atoms with Gasteiger partial charge in [-0.3, -0.25) is 4.79 Å². The fourth-order valence-corrected chi connectivity index (χ4v) is 2.75. The molecule has 1 atom stereocenters. The first-order valence-corrected chi connectivity index (χ1v) is 6.26. The van der Waals surface area contributed by atoms with Gasteiger partial charge in [-0.2, -0.15) is 11.8 Å². The van der Waals surface area contributed by atoms with Crippen LogP contribution in [-0.2, 0) is 0 Å². The highest BCUT2D eigenvalue weighted by Gasteiger charge is 2.18. The fourth-order valence-electron chi connectivity index (χ4n) is 1.60. The van der Waals surface area contributed by atoms with E-state index in [2.05, 4.69) is 5.32 Å². The van der Waals surface area contributed by atoms with E-state index in [1.54, 1.807) is 0 Å². The third-order valence-corrected chi connectivity index (χ3v) is 3.69. The number of nitrogen functional groups attached to an aromatic ring is 1. The van der Waals surface area contributed by atoms with Crippen LogP contribution in [0.2, 0.25) is 0 Å². The van der Waals surface area contributed by atoms with Gasteiger partial charge in [0.15, 0.2) is 0 Å². The van der Waals surface area contributed by atoms with Crippen LogP contribution >= 0.6 is 11.8 Å². The van der Waals surface area contributed by atoms with Crippen molar-refractivity contribution >= 4 is 23.4 Å². The lowest BCUT2D eigenvalue weighted by molar-refractivity contribution is 0.0941. The van der Waals surface area contributed by atoms with Crippen molar-refractivity contribution in [2.75, 3.05) is 17.2 Å². The second kappa shape index (κ2) is 4.74. The molecule has 0 aliphatic carbocycles. The number of hydrogen-bond donors (Lipinski definition) is 2. The number of halogens is 1. The first-order chi connectivity index (χ1) is 7.66. The summed E-state index contributed by atoms with van der Waals surface area (Å²) in [5, 5.41) is 2.90. The van der Waals surface area contributed by atoms with Gasteiger partial charge in [0.05, 0.1) is 5.69 Å². The van der Waals surface area contributed by atoms with Crippen LogP contribution in [0.1, 0.15) is 16.8 Å². The molecule has 0 bridgehead atoms. The molecule has 0 aromatic heterocycles. The Morgan fingerprint density at radius 3 is 3.00 bits per heavy atom. The monoisotopic (exact) mass is 240 g/mol. The van der Waals surface area contributed by atoms with Gasteiger partial charge in [0.1, 0.15) is 5.82 Å². The molecule has 86 valence electrons. The van der Waals surface area contributed by atoms with E-state index in [0.29, 0.717) is 5.56 Å². The zero-order valence-corrected chi connectivity index (χ0v) is 9.52. The van der Waals surface area contributed by atoms with Crippen LogP contribution < -0.4 is 11.1 Å². The molecule has 1 saturated heterocycles. The van der Waals surface area contributed by atoms with Crippen molar-refractivity contribution in [3.63, 3.8) is 0 Å². The molecule has 3 nitrogen and oxygen atoms in total. The third kappa shape index (κ3) is 2.47. The quantitative estimate of drug-likeness (QED) is 0.773. The average molecular weight is 240 g/mol. The summed E-state index contributed by atoms with van der Waals surface area (Å²) >= 11 is 1.83. The van der Waals surface area contributed by atoms with E-state index in [1.165, 1.54) is 18.2 Å². The summed E-state index contributed by atoms with van der Waals surface area (Å²) < 4.78 is 12.9. The smallest absolute Gasteiger partial charge is 0.251 e. The predicted molar refractivity (Wildman–Crippen MR) is 64.0 cm³/mol. The molecule has 5 heteroatoms. The van der Waals surface area contributed by atoms with Gasteiger partial charge in [-0.05, 0) is 30.4 Å². The van der Waals surface area contributed by atoms with Gasteiger partial charge in [-0.15, -0.1) is 0 Å². The van der Waals surface area contributed by atoms with Gasteiger partial charge in [0, 0.05) is 17.4 Å². The second-order valence-corrected chi connectivity index (χ2v) is 4.92. The van der Waals surface area contributed by atoms with Crippen LogP contribution in [0.5, 0.6) is 0 Å². The maximum absolute atomic E-state index is 12.9. The Morgan fingerprint density at radius 2 is 2.38 bits per heavy atom. The molecule has 16 heavy (non-hydrogen) atoms. The highest BCUT2D eigenvalue weighted by atomic mass is 32.2. The number of rotatable bonds is 2. The minimum absolute atomic E-state index is 0.00782. The fraction of sp³-hybridized carbons (Fsp3) is 0.364. The van der Waals surface area contributed by atoms with Gasteiger partial charge >= 0.3 is 0 Å². The number of hydrogen-bond acceptors (Lipinski definition) is 3. The Kier molecular flexibility index (Phi) is 3.33. The van der Waals surface area contributed by atoms with Crippen molar-refractivity contribution in [2.45, 2.75) is 12.5 Å². The van der Waals surface area contributed by atoms with E-state index in [1.807, 2.05) is 11.8 Å². The molecule has 1 aromatic rings. The summed E-state index contributed by atoms with van der Waals surface area (Å²) in [7, 11) is 0. The minimum Gasteiger partial charge on any atom is -0.396 e. The molecular weight excluding hydrogens is 227 g/mol. The van der Waals surface area contributed by atoms with E-state index in [9.17, 15) is 9.18 Å². The van der Waals surface area contributed by atoms with E-state index < -0.39 is 5.82 Å². The van der Waals surface area contributed by atoms with Gasteiger partial charge in [-0.25, -0.2) is 4.39 Å². The lowest BCUT2D eigenvalue weighted by Gasteiger charge is -2.11. The van der Waals surface area contributed by atoms with Crippen molar-refractivity contribution in [2.24, 2.45) is 0 Å². The largest absolute Gasteiger partial charge is 0.396 e. The number of amides is 1. The molecule has 1 unspecified atom stereocenters. The van der Waals surface area contributed by atoms with Crippen LogP contribution in [0, 0.1) is 5.82 Å². The summed E-state index contributed by atoms with van der Waals surface area (Å²) in [6.45, 7) is 0. The van der Waals surface area contributed by atoms with E-state index >= 15 is 0 Å². The first kappa shape index (κ1) is 11.3. The lowest BCUT2D eigenvalue weighted by atomic mass is 10.1. The van der Waals surface area contributed by atoms with E-state index in [-0.39, 0.29) is 17.6 Å². The molecule has 1 heterocycles. The molecule has 1 aliphatic heterocycles. The van der Waals surface area contributed by atoms with Crippen molar-refractivity contribution in [3.05, 3.63) is 29.6 Å². The van der Waals surface area contributed by atoms with Crippen LogP contribution in [0.15, 0.2) is 18.2 Å². The predicted octanol–water partition coefficient (Wildman–Crippen LogP) is 1.64. The number of anilines is 1. The summed E-state index contributed by atoms with van der Waals surface area (Å²) in [5.74, 6) is 1.35. The molecular formula is C11H13FN2OS. The normalized spacial score (nSPS) is 19.7. The van der Waals surface area contributed by atoms with Crippen LogP contribution in [0.4, 0.5) is 10.1 Å². The van der Waals surface area contributed by atoms with Gasteiger partial charge in [0.25, 0.3) is 5.91 Å². The summed E-state index contributed by atoms with van der Waals surface area (Å²) in [4.78, 5) is 11.8. The number of carbonyl (C=O) groups excluding carboxylic acids is 1. The molecule has 0 radical (unpaired) electrons. The molecule has 3 N–H and O–H groups in total. The Bertz CT molecular complexity index is 405. The zero-order chi connectivity index (χ0) is 11.5. The molecule has 1 aliphatic rings. The number of thioether (sulfide) groups is 1. The molecule has 0 spiro atoms. The molecule has 1 aromatic carbocycles. The SMILES string of the molecule is Nc1cc(C(=O)NC2CCSC2)ccc1F. The number of nitrogens with two attached hydrogens (primary N) is 1. The van der Waals surface area contributed by atoms with Crippen LogP contribution in [0.3, 0.4) is 0 Å². The highest BCUT2D eigenvalue weighted by molar-refractivity contribution is 7.99. The topological polar surface area (TPSA) is 55.1 Å². The van der Waals surface area contributed by atoms with Crippen LogP contribution in [-0.4, -0.2) is 23.5 Å². The van der Waals surface area contributed by atoms with Crippen molar-refractivity contribution < 1.29 is 9.18 Å². The van der Waals surface area contributed by atoms with Crippen LogP contribution in [0.25, 0.3) is 0 Å². The number of carbonyl (C=O) groups is 1. The standard InChI is InChI=1S/C11H13FN2OS/c12-9-2-1-7(5-10(9)13)11(15)14-8-3-4-16-6-8/h1-2,5,8H,3-4,6,13H2,(H,14,15). The molecule has 1 fully saturated rings. The number of nitrogens with one attached hydrogen (secondary N) is 1. The van der Waals surface area contributed by atoms with Crippen molar-refractivity contribution in [1.29, 1.82) is 0 Å². The average Bonchev–Trinajstić information content (AvgIpc) is 2.74. The minimum atomic E-state index is -0.493. The zero-order valence-electron chi connectivity index (χ0n) is 8.70. The van der Waals surface area contributed by atoms with Gasteiger partial charge in [0.2, 0.25) is 0 Å². The number of benzene rings is 1. The first-order valence-electron chi connectivity index (χ1n) is 5.10. The second-order valence-electron chi connectivity index (χ2n) is 3.77. The van der Waals surface area contributed by atoms with Gasteiger partial charge in [-0.1, -0.05) is 0 Å². The molecule has 1 amide bonds. The lowest BCUT2D eigenvalue weighted by Crippen LogP contribution is -2.34. The summed E-state index contributed by atoms with van der Waals surface area (Å²) in [6.07, 6.45) is 0.993. The Labute approximate surface area is 97.6 Å². The highest BCUT2D eigenvalue weighted by Crippen LogP contribution is 2.18. The summed E-state index contributed by atoms with van der Waals surface area (Å²) in [5.41, 5.74) is 5.83. The van der Waals surface area contributed by atoms with Crippen molar-refractivity contribution in [3.8, 4) is 0 Å². The molecule has 0 saturated carbocycles. The third-order valence-electron chi connectivity index (χ3n) is 2.52.